The Kier molecular flexibility index (Phi) is 6.14. The summed E-state index contributed by atoms with van der Waals surface area (Å²) in [6.07, 6.45) is 0.281. The van der Waals surface area contributed by atoms with Gasteiger partial charge in [0.2, 0.25) is 6.01 Å². The van der Waals surface area contributed by atoms with Crippen molar-refractivity contribution in [1.82, 2.24) is 0 Å². The van der Waals surface area contributed by atoms with Gasteiger partial charge in [-0.25, -0.2) is 12.8 Å². The van der Waals surface area contributed by atoms with E-state index in [4.69, 9.17) is 4.74 Å². The summed E-state index contributed by atoms with van der Waals surface area (Å²) < 4.78 is 43.2. The molecule has 25 heavy (non-hydrogen) atoms. The Labute approximate surface area is 147 Å². The molecule has 0 aliphatic carbocycles. The molecule has 0 bridgehead atoms. The lowest BCUT2D eigenvalue weighted by atomic mass is 10.1. The number of rotatable bonds is 8. The number of anilines is 1. The molecule has 5 nitrogen and oxygen atoms in total. The molecular weight excluding hydrogens is 345 g/mol. The minimum atomic E-state index is -4.13. The maximum Gasteiger partial charge on any atom is 0.264 e. The standard InChI is InChI=1S/C18H20FNO4S/c1-3-17(21)15-9-10-18(24-12-14-7-5-4-6-8-14)16(11-15)20(2)25(22,23)13-19/h4-11H,3,12-13H2,1-2H3. The van der Waals surface area contributed by atoms with E-state index in [1.54, 1.807) is 13.0 Å². The van der Waals surface area contributed by atoms with E-state index in [-0.39, 0.29) is 30.2 Å². The number of carbonyl (C=O) groups is 1. The normalized spacial score (nSPS) is 11.2. The molecule has 0 saturated heterocycles. The molecule has 0 saturated carbocycles. The average Bonchev–Trinajstić information content (AvgIpc) is 2.65. The highest BCUT2D eigenvalue weighted by molar-refractivity contribution is 7.92. The minimum absolute atomic E-state index is 0.132. The lowest BCUT2D eigenvalue weighted by molar-refractivity contribution is 0.0988. The zero-order valence-electron chi connectivity index (χ0n) is 14.1. The molecule has 0 N–H and O–H groups in total. The molecule has 2 rings (SSSR count). The van der Waals surface area contributed by atoms with Crippen LogP contribution in [0.4, 0.5) is 10.1 Å². The van der Waals surface area contributed by atoms with Crippen molar-refractivity contribution >= 4 is 21.5 Å². The highest BCUT2D eigenvalue weighted by atomic mass is 32.2. The van der Waals surface area contributed by atoms with Gasteiger partial charge in [0.1, 0.15) is 12.4 Å². The summed E-state index contributed by atoms with van der Waals surface area (Å²) >= 11 is 0. The first-order valence-electron chi connectivity index (χ1n) is 7.75. The van der Waals surface area contributed by atoms with Crippen LogP contribution in [0.2, 0.25) is 0 Å². The van der Waals surface area contributed by atoms with Crippen molar-refractivity contribution < 1.29 is 22.3 Å². The number of ketones is 1. The second-order valence-electron chi connectivity index (χ2n) is 5.42. The molecule has 0 amide bonds. The summed E-state index contributed by atoms with van der Waals surface area (Å²) in [5.74, 6) is 0.123. The number of hydrogen-bond acceptors (Lipinski definition) is 4. The highest BCUT2D eigenvalue weighted by Gasteiger charge is 2.22. The van der Waals surface area contributed by atoms with E-state index in [1.807, 2.05) is 30.3 Å². The van der Waals surface area contributed by atoms with Gasteiger partial charge in [0.15, 0.2) is 5.78 Å². The second kappa shape index (κ2) is 8.11. The summed E-state index contributed by atoms with van der Waals surface area (Å²) in [4.78, 5) is 11.9. The number of alkyl halides is 1. The van der Waals surface area contributed by atoms with Crippen molar-refractivity contribution in [2.24, 2.45) is 0 Å². The van der Waals surface area contributed by atoms with Crippen LogP contribution in [0, 0.1) is 0 Å². The Morgan fingerprint density at radius 2 is 1.84 bits per heavy atom. The zero-order valence-corrected chi connectivity index (χ0v) is 14.9. The van der Waals surface area contributed by atoms with Gasteiger partial charge >= 0.3 is 0 Å². The van der Waals surface area contributed by atoms with Crippen LogP contribution >= 0.6 is 0 Å². The van der Waals surface area contributed by atoms with Gasteiger partial charge in [-0.05, 0) is 23.8 Å². The van der Waals surface area contributed by atoms with Gasteiger partial charge in [0.25, 0.3) is 10.0 Å². The van der Waals surface area contributed by atoms with Crippen molar-refractivity contribution in [2.75, 3.05) is 17.4 Å². The van der Waals surface area contributed by atoms with Crippen molar-refractivity contribution in [3.63, 3.8) is 0 Å². The van der Waals surface area contributed by atoms with Crippen molar-refractivity contribution in [2.45, 2.75) is 20.0 Å². The molecule has 0 heterocycles. The topological polar surface area (TPSA) is 63.7 Å². The quantitative estimate of drug-likeness (QED) is 0.671. The Hall–Kier alpha value is -2.41. The fraction of sp³-hybridized carbons (Fsp3) is 0.278. The van der Waals surface area contributed by atoms with Gasteiger partial charge in [-0.2, -0.15) is 0 Å². The predicted molar refractivity (Wildman–Crippen MR) is 95.1 cm³/mol. The van der Waals surface area contributed by atoms with Crippen LogP contribution in [0.15, 0.2) is 48.5 Å². The van der Waals surface area contributed by atoms with Crippen LogP contribution in [0.1, 0.15) is 29.3 Å². The van der Waals surface area contributed by atoms with Gasteiger partial charge in [0.05, 0.1) is 5.69 Å². The number of halogens is 1. The van der Waals surface area contributed by atoms with E-state index in [2.05, 4.69) is 0 Å². The molecule has 0 radical (unpaired) electrons. The highest BCUT2D eigenvalue weighted by Crippen LogP contribution is 2.32. The summed E-state index contributed by atoms with van der Waals surface area (Å²) in [5, 5.41) is 0. The third-order valence-electron chi connectivity index (χ3n) is 3.73. The maximum atomic E-state index is 12.9. The Morgan fingerprint density at radius 1 is 1.16 bits per heavy atom. The van der Waals surface area contributed by atoms with Crippen LogP contribution in [0.25, 0.3) is 0 Å². The number of sulfonamides is 1. The largest absolute Gasteiger partial charge is 0.487 e. The fourth-order valence-electron chi connectivity index (χ4n) is 2.22. The monoisotopic (exact) mass is 365 g/mol. The summed E-state index contributed by atoms with van der Waals surface area (Å²) in [5.41, 5.74) is 1.39. The Balaban J connectivity index is 2.38. The first kappa shape index (κ1) is 18.9. The number of Topliss-reactive ketones (excluding diaryl/α,β-unsaturated/α-hetero) is 1. The molecule has 0 aromatic heterocycles. The Morgan fingerprint density at radius 3 is 2.44 bits per heavy atom. The first-order valence-corrected chi connectivity index (χ1v) is 9.36. The van der Waals surface area contributed by atoms with E-state index < -0.39 is 16.0 Å². The Bertz CT molecular complexity index is 837. The summed E-state index contributed by atoms with van der Waals surface area (Å²) in [6.45, 7) is 1.93. The van der Waals surface area contributed by atoms with Crippen molar-refractivity contribution in [3.05, 3.63) is 59.7 Å². The van der Waals surface area contributed by atoms with E-state index in [0.29, 0.717) is 5.56 Å². The zero-order chi connectivity index (χ0) is 18.4. The minimum Gasteiger partial charge on any atom is -0.487 e. The molecule has 0 unspecified atom stereocenters. The predicted octanol–water partition coefficient (Wildman–Crippen LogP) is 3.55. The van der Waals surface area contributed by atoms with Crippen LogP contribution in [0.3, 0.4) is 0 Å². The van der Waals surface area contributed by atoms with Gasteiger partial charge in [-0.1, -0.05) is 37.3 Å². The van der Waals surface area contributed by atoms with Gasteiger partial charge in [-0.15, -0.1) is 0 Å². The summed E-state index contributed by atoms with van der Waals surface area (Å²) in [7, 11) is -2.89. The molecule has 0 fully saturated rings. The first-order chi connectivity index (χ1) is 11.9. The molecule has 0 aliphatic heterocycles. The smallest absolute Gasteiger partial charge is 0.264 e. The number of nitrogens with zero attached hydrogens (tertiary/aromatic N) is 1. The lowest BCUT2D eigenvalue weighted by Gasteiger charge is -2.21. The van der Waals surface area contributed by atoms with Crippen LogP contribution in [0.5, 0.6) is 5.75 Å². The molecule has 134 valence electrons. The summed E-state index contributed by atoms with van der Waals surface area (Å²) in [6, 6.07) is 12.3. The van der Waals surface area contributed by atoms with E-state index >= 15 is 0 Å². The van der Waals surface area contributed by atoms with Crippen molar-refractivity contribution in [1.29, 1.82) is 0 Å². The molecule has 7 heteroatoms. The SMILES string of the molecule is CCC(=O)c1ccc(OCc2ccccc2)c(N(C)S(=O)(=O)CF)c1. The second-order valence-corrected chi connectivity index (χ2v) is 7.35. The number of hydrogen-bond donors (Lipinski definition) is 0. The van der Waals surface area contributed by atoms with E-state index in [9.17, 15) is 17.6 Å². The van der Waals surface area contributed by atoms with Crippen LogP contribution in [-0.2, 0) is 16.6 Å². The fourth-order valence-corrected chi connectivity index (χ4v) is 2.81. The lowest BCUT2D eigenvalue weighted by Crippen LogP contribution is -2.28. The van der Waals surface area contributed by atoms with E-state index in [0.717, 1.165) is 9.87 Å². The maximum absolute atomic E-state index is 12.9. The molecule has 0 spiro atoms. The molecular formula is C18H20FNO4S. The van der Waals surface area contributed by atoms with Gasteiger partial charge < -0.3 is 4.74 Å². The molecule has 2 aromatic rings. The van der Waals surface area contributed by atoms with Gasteiger partial charge in [0, 0.05) is 19.0 Å². The molecule has 0 atom stereocenters. The molecule has 2 aromatic carbocycles. The number of carbonyl (C=O) groups excluding carboxylic acids is 1. The number of benzene rings is 2. The third-order valence-corrected chi connectivity index (χ3v) is 5.04. The van der Waals surface area contributed by atoms with Crippen LogP contribution < -0.4 is 9.04 Å². The molecule has 0 aliphatic rings. The average molecular weight is 365 g/mol. The van der Waals surface area contributed by atoms with E-state index in [1.165, 1.54) is 19.2 Å². The third kappa shape index (κ3) is 4.57. The van der Waals surface area contributed by atoms with Crippen LogP contribution in [-0.4, -0.2) is 27.3 Å². The number of ether oxygens (including phenoxy) is 1. The van der Waals surface area contributed by atoms with Crippen molar-refractivity contribution in [3.8, 4) is 5.75 Å². The van der Waals surface area contributed by atoms with Gasteiger partial charge in [-0.3, -0.25) is 9.10 Å².